The van der Waals surface area contributed by atoms with E-state index in [1.807, 2.05) is 43.3 Å². The van der Waals surface area contributed by atoms with Crippen LogP contribution in [0.5, 0.6) is 11.5 Å². The second-order valence-corrected chi connectivity index (χ2v) is 5.28. The van der Waals surface area contributed by atoms with E-state index in [2.05, 4.69) is 5.32 Å². The number of nitrogens with zero attached hydrogens (tertiary/aromatic N) is 1. The first-order chi connectivity index (χ1) is 11.1. The minimum absolute atomic E-state index is 0.197. The van der Waals surface area contributed by atoms with Crippen LogP contribution in [-0.2, 0) is 6.54 Å². The molecule has 0 fully saturated rings. The maximum absolute atomic E-state index is 12.4. The first-order valence-corrected chi connectivity index (χ1v) is 7.32. The highest BCUT2D eigenvalue weighted by Gasteiger charge is 2.15. The lowest BCUT2D eigenvalue weighted by atomic mass is 10.1. The Morgan fingerprint density at radius 1 is 1.04 bits per heavy atom. The number of methoxy groups -OCH3 is 2. The summed E-state index contributed by atoms with van der Waals surface area (Å²) < 4.78 is 10.5. The van der Waals surface area contributed by atoms with Gasteiger partial charge in [-0.3, -0.25) is 4.79 Å². The molecule has 0 radical (unpaired) electrons. The van der Waals surface area contributed by atoms with Gasteiger partial charge in [-0.25, -0.2) is 0 Å². The van der Waals surface area contributed by atoms with Crippen molar-refractivity contribution in [3.8, 4) is 11.5 Å². The summed E-state index contributed by atoms with van der Waals surface area (Å²) in [5, 5.41) is 2.90. The summed E-state index contributed by atoms with van der Waals surface area (Å²) in [5.74, 6) is 0.781. The summed E-state index contributed by atoms with van der Waals surface area (Å²) in [6.45, 7) is 0.451. The predicted molar refractivity (Wildman–Crippen MR) is 91.5 cm³/mol. The summed E-state index contributed by atoms with van der Waals surface area (Å²) in [6, 6.07) is 13.3. The predicted octanol–water partition coefficient (Wildman–Crippen LogP) is 2.70. The highest BCUT2D eigenvalue weighted by Crippen LogP contribution is 2.30. The number of hydrogen-bond acceptors (Lipinski definition) is 4. The zero-order valence-electron chi connectivity index (χ0n) is 13.9. The lowest BCUT2D eigenvalue weighted by molar-refractivity contribution is 0.0947. The molecule has 0 unspecified atom stereocenters. The molecule has 0 atom stereocenters. The lowest BCUT2D eigenvalue weighted by Crippen LogP contribution is -2.23. The van der Waals surface area contributed by atoms with Crippen LogP contribution < -0.4 is 19.7 Å². The number of carbonyl (C=O) groups excluding carboxylic acids is 1. The molecule has 0 spiro atoms. The molecule has 5 heteroatoms. The molecule has 0 aliphatic rings. The minimum atomic E-state index is -0.197. The Labute approximate surface area is 136 Å². The zero-order valence-corrected chi connectivity index (χ0v) is 13.9. The van der Waals surface area contributed by atoms with Gasteiger partial charge in [-0.05, 0) is 29.8 Å². The third kappa shape index (κ3) is 3.94. The van der Waals surface area contributed by atoms with Crippen molar-refractivity contribution in [3.05, 3.63) is 53.6 Å². The fourth-order valence-corrected chi connectivity index (χ4v) is 2.26. The second kappa shape index (κ2) is 7.54. The van der Waals surface area contributed by atoms with Gasteiger partial charge in [-0.2, -0.15) is 0 Å². The van der Waals surface area contributed by atoms with Crippen LogP contribution in [0.1, 0.15) is 15.9 Å². The first-order valence-electron chi connectivity index (χ1n) is 7.32. The van der Waals surface area contributed by atoms with Crippen molar-refractivity contribution < 1.29 is 14.3 Å². The molecule has 2 aromatic carbocycles. The van der Waals surface area contributed by atoms with Crippen molar-refractivity contribution in [1.29, 1.82) is 0 Å². The van der Waals surface area contributed by atoms with E-state index < -0.39 is 0 Å². The van der Waals surface area contributed by atoms with E-state index in [4.69, 9.17) is 9.47 Å². The van der Waals surface area contributed by atoms with Gasteiger partial charge in [0.05, 0.1) is 19.8 Å². The smallest absolute Gasteiger partial charge is 0.255 e. The molecule has 1 amide bonds. The third-order valence-electron chi connectivity index (χ3n) is 3.55. The second-order valence-electron chi connectivity index (χ2n) is 5.28. The summed E-state index contributed by atoms with van der Waals surface area (Å²) in [6.07, 6.45) is 0. The first kappa shape index (κ1) is 16.7. The van der Waals surface area contributed by atoms with Crippen LogP contribution in [0.3, 0.4) is 0 Å². The van der Waals surface area contributed by atoms with Crippen LogP contribution in [-0.4, -0.2) is 34.2 Å². The Kier molecular flexibility index (Phi) is 5.46. The van der Waals surface area contributed by atoms with Crippen molar-refractivity contribution in [2.75, 3.05) is 33.2 Å². The molecule has 0 saturated heterocycles. The number of rotatable bonds is 6. The average molecular weight is 314 g/mol. The van der Waals surface area contributed by atoms with E-state index in [-0.39, 0.29) is 5.91 Å². The van der Waals surface area contributed by atoms with Crippen molar-refractivity contribution in [3.63, 3.8) is 0 Å². The van der Waals surface area contributed by atoms with Gasteiger partial charge in [-0.1, -0.05) is 18.2 Å². The van der Waals surface area contributed by atoms with Gasteiger partial charge in [0.1, 0.15) is 0 Å². The molecular formula is C18H22N2O3. The summed E-state index contributed by atoms with van der Waals surface area (Å²) in [4.78, 5) is 14.4. The average Bonchev–Trinajstić information content (AvgIpc) is 2.59. The number of amides is 1. The molecular weight excluding hydrogens is 292 g/mol. The normalized spacial score (nSPS) is 10.1. The molecule has 0 saturated carbocycles. The van der Waals surface area contributed by atoms with Crippen molar-refractivity contribution in [1.82, 2.24) is 5.32 Å². The number of anilines is 1. The van der Waals surface area contributed by atoms with Crippen LogP contribution in [0, 0.1) is 0 Å². The van der Waals surface area contributed by atoms with Crippen molar-refractivity contribution in [2.24, 2.45) is 0 Å². The van der Waals surface area contributed by atoms with E-state index in [0.717, 1.165) is 11.3 Å². The van der Waals surface area contributed by atoms with Crippen LogP contribution in [0.25, 0.3) is 0 Å². The van der Waals surface area contributed by atoms with Gasteiger partial charge in [0.25, 0.3) is 5.91 Å². The minimum Gasteiger partial charge on any atom is -0.493 e. The molecule has 0 bridgehead atoms. The van der Waals surface area contributed by atoms with Crippen LogP contribution >= 0.6 is 0 Å². The standard InChI is InChI=1S/C18H22N2O3/c1-20(2)14-10-8-13(9-11-14)12-19-18(21)15-6-5-7-16(22-3)17(15)23-4/h5-11H,12H2,1-4H3,(H,19,21). The number of carbonyl (C=O) groups is 1. The fraction of sp³-hybridized carbons (Fsp3) is 0.278. The van der Waals surface area contributed by atoms with Crippen LogP contribution in [0.2, 0.25) is 0 Å². The monoisotopic (exact) mass is 314 g/mol. The van der Waals surface area contributed by atoms with Crippen LogP contribution in [0.4, 0.5) is 5.69 Å². The van der Waals surface area contributed by atoms with Gasteiger partial charge in [0.2, 0.25) is 0 Å². The lowest BCUT2D eigenvalue weighted by Gasteiger charge is -2.14. The number of nitrogens with one attached hydrogen (secondary N) is 1. The molecule has 0 aliphatic heterocycles. The van der Waals surface area contributed by atoms with E-state index in [1.165, 1.54) is 7.11 Å². The van der Waals surface area contributed by atoms with Gasteiger partial charge in [0.15, 0.2) is 11.5 Å². The molecule has 23 heavy (non-hydrogen) atoms. The molecule has 0 heterocycles. The maximum Gasteiger partial charge on any atom is 0.255 e. The molecule has 5 nitrogen and oxygen atoms in total. The van der Waals surface area contributed by atoms with Gasteiger partial charge >= 0.3 is 0 Å². The Hall–Kier alpha value is -2.69. The quantitative estimate of drug-likeness (QED) is 0.891. The zero-order chi connectivity index (χ0) is 16.8. The van der Waals surface area contributed by atoms with E-state index in [1.54, 1.807) is 25.3 Å². The molecule has 2 rings (SSSR count). The summed E-state index contributed by atoms with van der Waals surface area (Å²) in [5.41, 5.74) is 2.61. The molecule has 2 aromatic rings. The van der Waals surface area contributed by atoms with Gasteiger partial charge < -0.3 is 19.7 Å². The number of benzene rings is 2. The maximum atomic E-state index is 12.4. The van der Waals surface area contributed by atoms with Crippen molar-refractivity contribution in [2.45, 2.75) is 6.54 Å². The molecule has 1 N–H and O–H groups in total. The number of hydrogen-bond donors (Lipinski definition) is 1. The van der Waals surface area contributed by atoms with E-state index >= 15 is 0 Å². The fourth-order valence-electron chi connectivity index (χ4n) is 2.26. The Morgan fingerprint density at radius 3 is 2.30 bits per heavy atom. The third-order valence-corrected chi connectivity index (χ3v) is 3.55. The van der Waals surface area contributed by atoms with Crippen molar-refractivity contribution >= 4 is 11.6 Å². The highest BCUT2D eigenvalue weighted by molar-refractivity contribution is 5.97. The van der Waals surface area contributed by atoms with Gasteiger partial charge in [-0.15, -0.1) is 0 Å². The number of para-hydroxylation sites is 1. The van der Waals surface area contributed by atoms with E-state index in [0.29, 0.717) is 23.6 Å². The Bertz CT molecular complexity index is 666. The largest absolute Gasteiger partial charge is 0.493 e. The topological polar surface area (TPSA) is 50.8 Å². The summed E-state index contributed by atoms with van der Waals surface area (Å²) in [7, 11) is 7.05. The Balaban J connectivity index is 2.08. The molecule has 122 valence electrons. The summed E-state index contributed by atoms with van der Waals surface area (Å²) >= 11 is 0. The highest BCUT2D eigenvalue weighted by atomic mass is 16.5. The Morgan fingerprint density at radius 2 is 1.74 bits per heavy atom. The van der Waals surface area contributed by atoms with Gasteiger partial charge in [0, 0.05) is 26.3 Å². The molecule has 0 aromatic heterocycles. The van der Waals surface area contributed by atoms with E-state index in [9.17, 15) is 4.79 Å². The SMILES string of the molecule is COc1cccc(C(=O)NCc2ccc(N(C)C)cc2)c1OC. The molecule has 0 aliphatic carbocycles. The number of ether oxygens (including phenoxy) is 2. The van der Waals surface area contributed by atoms with Crippen LogP contribution in [0.15, 0.2) is 42.5 Å².